The molecule has 6 rings (SSSR count). The van der Waals surface area contributed by atoms with E-state index in [1.54, 1.807) is 12.3 Å². The third kappa shape index (κ3) is 4.99. The number of piperazine rings is 1. The lowest BCUT2D eigenvalue weighted by atomic mass is 9.96. The molecule has 0 atom stereocenters. The van der Waals surface area contributed by atoms with Gasteiger partial charge in [-0.1, -0.05) is 78.9 Å². The summed E-state index contributed by atoms with van der Waals surface area (Å²) in [6.07, 6.45) is 2.98. The minimum absolute atomic E-state index is 0.0905. The van der Waals surface area contributed by atoms with Crippen molar-refractivity contribution in [3.05, 3.63) is 125 Å². The maximum atomic E-state index is 12.3. The van der Waals surface area contributed by atoms with Gasteiger partial charge in [0.1, 0.15) is 11.8 Å². The Morgan fingerprint density at radius 1 is 0.769 bits per heavy atom. The maximum Gasteiger partial charge on any atom is 0.373 e. The first-order valence-electron chi connectivity index (χ1n) is 12.8. The minimum Gasteiger partial charge on any atom is -0.431 e. The number of nitrogens with zero attached hydrogens (tertiary/aromatic N) is 6. The second-order valence-electron chi connectivity index (χ2n) is 9.29. The molecule has 2 aromatic heterocycles. The van der Waals surface area contributed by atoms with E-state index in [0.29, 0.717) is 37.4 Å². The summed E-state index contributed by atoms with van der Waals surface area (Å²) in [5, 5.41) is 13.1. The second kappa shape index (κ2) is 10.8. The second-order valence-corrected chi connectivity index (χ2v) is 9.29. The minimum atomic E-state index is -0.466. The van der Waals surface area contributed by atoms with Gasteiger partial charge in [-0.25, -0.2) is 4.98 Å². The molecule has 39 heavy (non-hydrogen) atoms. The fourth-order valence-corrected chi connectivity index (χ4v) is 5.16. The summed E-state index contributed by atoms with van der Waals surface area (Å²) in [4.78, 5) is 29.0. The third-order valence-electron chi connectivity index (χ3n) is 6.96. The maximum absolute atomic E-state index is 12.3. The Bertz CT molecular complexity index is 1550. The Morgan fingerprint density at radius 2 is 1.44 bits per heavy atom. The van der Waals surface area contributed by atoms with E-state index in [9.17, 15) is 10.1 Å². The topological polar surface area (TPSA) is 97.5 Å². The zero-order chi connectivity index (χ0) is 26.6. The fourth-order valence-electron chi connectivity index (χ4n) is 5.16. The number of nitro groups is 1. The van der Waals surface area contributed by atoms with Crippen molar-refractivity contribution in [2.24, 2.45) is 0 Å². The number of benzene rings is 3. The molecule has 1 fully saturated rings. The van der Waals surface area contributed by atoms with Crippen LogP contribution in [0.4, 0.5) is 11.5 Å². The van der Waals surface area contributed by atoms with Gasteiger partial charge < -0.3 is 9.64 Å². The van der Waals surface area contributed by atoms with E-state index in [2.05, 4.69) is 68.4 Å². The van der Waals surface area contributed by atoms with Gasteiger partial charge in [0.2, 0.25) is 5.82 Å². The molecule has 3 aromatic carbocycles. The molecular weight excluding hydrogens is 492 g/mol. The van der Waals surface area contributed by atoms with Gasteiger partial charge in [-0.3, -0.25) is 20.0 Å². The van der Waals surface area contributed by atoms with E-state index in [1.165, 1.54) is 17.5 Å². The Hall–Kier alpha value is -4.89. The SMILES string of the molecule is O=[N+]([O-])c1c(Oc2cccc3cccnc23)ncnc1N1CCN(C(c2ccccc2)c2ccccc2)CC1. The van der Waals surface area contributed by atoms with Crippen molar-refractivity contribution in [1.82, 2.24) is 19.9 Å². The first kappa shape index (κ1) is 24.4. The predicted molar refractivity (Wildman–Crippen MR) is 149 cm³/mol. The van der Waals surface area contributed by atoms with Crippen LogP contribution in [-0.4, -0.2) is 51.0 Å². The average Bonchev–Trinajstić information content (AvgIpc) is 2.99. The molecule has 0 unspecified atom stereocenters. The van der Waals surface area contributed by atoms with Crippen molar-refractivity contribution in [3.63, 3.8) is 0 Å². The van der Waals surface area contributed by atoms with Crippen LogP contribution in [0.2, 0.25) is 0 Å². The summed E-state index contributed by atoms with van der Waals surface area (Å²) in [6.45, 7) is 2.56. The monoisotopic (exact) mass is 518 g/mol. The van der Waals surface area contributed by atoms with Crippen molar-refractivity contribution in [2.45, 2.75) is 6.04 Å². The van der Waals surface area contributed by atoms with Gasteiger partial charge in [-0.15, -0.1) is 0 Å². The highest BCUT2D eigenvalue weighted by Crippen LogP contribution is 2.38. The van der Waals surface area contributed by atoms with E-state index in [-0.39, 0.29) is 23.4 Å². The van der Waals surface area contributed by atoms with Crippen LogP contribution in [0.1, 0.15) is 17.2 Å². The van der Waals surface area contributed by atoms with Crippen molar-refractivity contribution >= 4 is 22.4 Å². The normalized spacial score (nSPS) is 14.0. The van der Waals surface area contributed by atoms with Crippen LogP contribution < -0.4 is 9.64 Å². The molecule has 194 valence electrons. The summed E-state index contributed by atoms with van der Waals surface area (Å²) >= 11 is 0. The summed E-state index contributed by atoms with van der Waals surface area (Å²) in [5.74, 6) is 0.560. The summed E-state index contributed by atoms with van der Waals surface area (Å²) in [7, 11) is 0. The van der Waals surface area contributed by atoms with Gasteiger partial charge >= 0.3 is 11.6 Å². The first-order valence-corrected chi connectivity index (χ1v) is 12.8. The van der Waals surface area contributed by atoms with E-state index >= 15 is 0 Å². The predicted octanol–water partition coefficient (Wildman–Crippen LogP) is 5.64. The lowest BCUT2D eigenvalue weighted by molar-refractivity contribution is -0.385. The zero-order valence-corrected chi connectivity index (χ0v) is 21.1. The third-order valence-corrected chi connectivity index (χ3v) is 6.96. The molecule has 0 spiro atoms. The molecule has 1 aliphatic rings. The Kier molecular flexibility index (Phi) is 6.80. The van der Waals surface area contributed by atoms with Crippen molar-refractivity contribution in [3.8, 4) is 11.6 Å². The van der Waals surface area contributed by atoms with Crippen LogP contribution in [0, 0.1) is 10.1 Å². The average molecular weight is 519 g/mol. The number of rotatable bonds is 7. The molecule has 0 radical (unpaired) electrons. The van der Waals surface area contributed by atoms with Crippen molar-refractivity contribution in [2.75, 3.05) is 31.1 Å². The van der Waals surface area contributed by atoms with Gasteiger partial charge in [0.25, 0.3) is 0 Å². The van der Waals surface area contributed by atoms with Crippen LogP contribution >= 0.6 is 0 Å². The van der Waals surface area contributed by atoms with Crippen LogP contribution in [-0.2, 0) is 0 Å². The molecule has 0 amide bonds. The highest BCUT2D eigenvalue weighted by Gasteiger charge is 2.33. The Morgan fingerprint density at radius 3 is 2.10 bits per heavy atom. The van der Waals surface area contributed by atoms with Crippen molar-refractivity contribution in [1.29, 1.82) is 0 Å². The Balaban J connectivity index is 1.27. The number of hydrogen-bond acceptors (Lipinski definition) is 8. The number of anilines is 1. The smallest absolute Gasteiger partial charge is 0.373 e. The molecule has 0 saturated carbocycles. The number of ether oxygens (including phenoxy) is 1. The van der Waals surface area contributed by atoms with Crippen LogP contribution in [0.15, 0.2) is 104 Å². The Labute approximate surface area is 225 Å². The van der Waals surface area contributed by atoms with Gasteiger partial charge in [-0.2, -0.15) is 4.98 Å². The number of para-hydroxylation sites is 1. The molecule has 1 aliphatic heterocycles. The van der Waals surface area contributed by atoms with Gasteiger partial charge in [-0.05, 0) is 23.3 Å². The molecule has 5 aromatic rings. The number of fused-ring (bicyclic) bond motifs is 1. The van der Waals surface area contributed by atoms with Crippen molar-refractivity contribution < 1.29 is 9.66 Å². The first-order chi connectivity index (χ1) is 19.2. The molecule has 1 saturated heterocycles. The van der Waals surface area contributed by atoms with E-state index in [4.69, 9.17) is 4.74 Å². The molecule has 0 N–H and O–H groups in total. The summed E-state index contributed by atoms with van der Waals surface area (Å²) in [6, 6.07) is 30.1. The van der Waals surface area contributed by atoms with Gasteiger partial charge in [0.05, 0.1) is 11.0 Å². The number of aromatic nitrogens is 3. The summed E-state index contributed by atoms with van der Waals surface area (Å²) < 4.78 is 6.00. The van der Waals surface area contributed by atoms with Gasteiger partial charge in [0.15, 0.2) is 5.75 Å². The van der Waals surface area contributed by atoms with E-state index in [1.807, 2.05) is 41.3 Å². The van der Waals surface area contributed by atoms with Crippen LogP contribution in [0.25, 0.3) is 10.9 Å². The molecule has 9 nitrogen and oxygen atoms in total. The largest absolute Gasteiger partial charge is 0.431 e. The fraction of sp³-hybridized carbons (Fsp3) is 0.167. The molecule has 9 heteroatoms. The quantitative estimate of drug-likeness (QED) is 0.202. The summed E-state index contributed by atoms with van der Waals surface area (Å²) in [5.41, 5.74) is 2.78. The van der Waals surface area contributed by atoms with Crippen LogP contribution in [0.5, 0.6) is 11.6 Å². The molecule has 3 heterocycles. The molecule has 0 bridgehead atoms. The lowest BCUT2D eigenvalue weighted by Gasteiger charge is -2.40. The number of pyridine rings is 1. The van der Waals surface area contributed by atoms with E-state index in [0.717, 1.165) is 5.39 Å². The molecular formula is C30H26N6O3. The van der Waals surface area contributed by atoms with Crippen LogP contribution in [0.3, 0.4) is 0 Å². The standard InChI is InChI=1S/C30H26N6O3/c37-36(38)28-29(32-21-33-30(28)39-25-15-7-13-22-14-8-16-31-26(22)25)35-19-17-34(18-20-35)27(23-9-3-1-4-10-23)24-11-5-2-6-12-24/h1-16,21,27H,17-20H2. The zero-order valence-electron chi connectivity index (χ0n) is 21.1. The van der Waals surface area contributed by atoms with Gasteiger partial charge in [0, 0.05) is 37.8 Å². The lowest BCUT2D eigenvalue weighted by Crippen LogP contribution is -2.48. The highest BCUT2D eigenvalue weighted by atomic mass is 16.6. The number of hydrogen-bond donors (Lipinski definition) is 0. The molecule has 0 aliphatic carbocycles. The highest BCUT2D eigenvalue weighted by molar-refractivity contribution is 5.84. The van der Waals surface area contributed by atoms with E-state index < -0.39 is 4.92 Å².